The maximum atomic E-state index is 12.8. The van der Waals surface area contributed by atoms with E-state index in [1.54, 1.807) is 6.20 Å². The minimum Gasteiger partial charge on any atom is -0.462 e. The average molecular weight is 462 g/mol. The van der Waals surface area contributed by atoms with Gasteiger partial charge in [0.05, 0.1) is 23.4 Å². The van der Waals surface area contributed by atoms with Crippen molar-refractivity contribution in [3.8, 4) is 0 Å². The first-order valence-corrected chi connectivity index (χ1v) is 12.0. The van der Waals surface area contributed by atoms with Crippen molar-refractivity contribution in [3.63, 3.8) is 0 Å². The zero-order chi connectivity index (χ0) is 23.5. The van der Waals surface area contributed by atoms with Gasteiger partial charge < -0.3 is 19.5 Å². The number of nitrogens with zero attached hydrogens (tertiary/aromatic N) is 4. The number of rotatable bonds is 7. The molecule has 8 heteroatoms. The summed E-state index contributed by atoms with van der Waals surface area (Å²) in [5.41, 5.74) is 3.63. The lowest BCUT2D eigenvalue weighted by atomic mass is 10.1. The number of aromatic nitrogens is 1. The van der Waals surface area contributed by atoms with Gasteiger partial charge in [-0.15, -0.1) is 0 Å². The summed E-state index contributed by atoms with van der Waals surface area (Å²) in [5, 5.41) is 0.897. The van der Waals surface area contributed by atoms with Gasteiger partial charge in [-0.3, -0.25) is 9.80 Å². The smallest absolute Gasteiger partial charge is 0.340 e. The van der Waals surface area contributed by atoms with E-state index in [0.29, 0.717) is 12.2 Å². The minimum atomic E-state index is -0.294. The SMILES string of the molecule is CCOC(=O)c1c[nH]c2c(N3CCN(CCN4CCN(c5ccccc5)C4=O)CC3)cccc12. The van der Waals surface area contributed by atoms with Crippen LogP contribution in [0.15, 0.2) is 54.7 Å². The number of hydrogen-bond donors (Lipinski definition) is 1. The molecule has 0 aliphatic carbocycles. The first-order chi connectivity index (χ1) is 16.7. The van der Waals surface area contributed by atoms with Crippen LogP contribution in [0, 0.1) is 0 Å². The molecular weight excluding hydrogens is 430 g/mol. The van der Waals surface area contributed by atoms with Crippen LogP contribution in [-0.4, -0.2) is 85.7 Å². The van der Waals surface area contributed by atoms with Gasteiger partial charge in [-0.1, -0.05) is 30.3 Å². The molecule has 1 aromatic heterocycles. The van der Waals surface area contributed by atoms with E-state index in [-0.39, 0.29) is 12.0 Å². The summed E-state index contributed by atoms with van der Waals surface area (Å²) in [6, 6.07) is 16.0. The van der Waals surface area contributed by atoms with Crippen LogP contribution >= 0.6 is 0 Å². The summed E-state index contributed by atoms with van der Waals surface area (Å²) >= 11 is 0. The fraction of sp³-hybridized carbons (Fsp3) is 0.385. The number of carbonyl (C=O) groups is 2. The van der Waals surface area contributed by atoms with Crippen LogP contribution in [0.5, 0.6) is 0 Å². The summed E-state index contributed by atoms with van der Waals surface area (Å²) in [7, 11) is 0. The van der Waals surface area contributed by atoms with Gasteiger partial charge in [-0.05, 0) is 25.1 Å². The van der Waals surface area contributed by atoms with Crippen molar-refractivity contribution in [2.24, 2.45) is 0 Å². The molecule has 0 radical (unpaired) electrons. The highest BCUT2D eigenvalue weighted by Gasteiger charge is 2.30. The van der Waals surface area contributed by atoms with Gasteiger partial charge in [-0.25, -0.2) is 9.59 Å². The Morgan fingerprint density at radius 2 is 1.74 bits per heavy atom. The number of piperazine rings is 1. The predicted octanol–water partition coefficient (Wildman–Crippen LogP) is 3.41. The molecule has 178 valence electrons. The number of nitrogens with one attached hydrogen (secondary N) is 1. The Morgan fingerprint density at radius 3 is 2.50 bits per heavy atom. The molecule has 2 aliphatic rings. The number of aromatic amines is 1. The third-order valence-corrected chi connectivity index (χ3v) is 6.75. The van der Waals surface area contributed by atoms with Gasteiger partial charge in [-0.2, -0.15) is 0 Å². The summed E-state index contributed by atoms with van der Waals surface area (Å²) < 4.78 is 5.19. The van der Waals surface area contributed by atoms with Gasteiger partial charge in [0, 0.05) is 69.6 Å². The molecule has 1 N–H and O–H groups in total. The van der Waals surface area contributed by atoms with Gasteiger partial charge in [0.1, 0.15) is 0 Å². The van der Waals surface area contributed by atoms with E-state index in [9.17, 15) is 9.59 Å². The molecule has 2 saturated heterocycles. The molecule has 0 spiro atoms. The third kappa shape index (κ3) is 4.33. The Hall–Kier alpha value is -3.52. The van der Waals surface area contributed by atoms with Gasteiger partial charge in [0.25, 0.3) is 0 Å². The molecule has 0 unspecified atom stereocenters. The summed E-state index contributed by atoms with van der Waals surface area (Å²) in [5.74, 6) is -0.294. The molecule has 3 heterocycles. The molecule has 2 aliphatic heterocycles. The van der Waals surface area contributed by atoms with Crippen molar-refractivity contribution in [2.75, 3.05) is 68.8 Å². The quantitative estimate of drug-likeness (QED) is 0.546. The summed E-state index contributed by atoms with van der Waals surface area (Å²) in [4.78, 5) is 37.0. The number of H-pyrrole nitrogens is 1. The number of amides is 2. The van der Waals surface area contributed by atoms with Crippen molar-refractivity contribution >= 4 is 34.3 Å². The number of esters is 1. The lowest BCUT2D eigenvalue weighted by Gasteiger charge is -2.36. The van der Waals surface area contributed by atoms with E-state index in [1.807, 2.05) is 59.2 Å². The monoisotopic (exact) mass is 461 g/mol. The van der Waals surface area contributed by atoms with E-state index >= 15 is 0 Å². The molecular formula is C26H31N5O3. The molecule has 2 aromatic carbocycles. The Bertz CT molecular complexity index is 1150. The Labute approximate surface area is 199 Å². The van der Waals surface area contributed by atoms with Crippen molar-refractivity contribution in [2.45, 2.75) is 6.92 Å². The molecule has 2 fully saturated rings. The normalized spacial score (nSPS) is 17.1. The van der Waals surface area contributed by atoms with E-state index in [4.69, 9.17) is 4.74 Å². The molecule has 5 rings (SSSR count). The first kappa shape index (κ1) is 22.3. The van der Waals surface area contributed by atoms with E-state index < -0.39 is 0 Å². The van der Waals surface area contributed by atoms with Crippen LogP contribution in [0.25, 0.3) is 10.9 Å². The van der Waals surface area contributed by atoms with Crippen LogP contribution in [-0.2, 0) is 4.74 Å². The number of benzene rings is 2. The topological polar surface area (TPSA) is 72.1 Å². The van der Waals surface area contributed by atoms with Gasteiger partial charge >= 0.3 is 12.0 Å². The van der Waals surface area contributed by atoms with Crippen molar-refractivity contribution in [1.82, 2.24) is 14.8 Å². The fourth-order valence-corrected chi connectivity index (χ4v) is 4.89. The van der Waals surface area contributed by atoms with Crippen LogP contribution in [0.1, 0.15) is 17.3 Å². The number of para-hydroxylation sites is 2. The number of hydrogen-bond acceptors (Lipinski definition) is 5. The maximum absolute atomic E-state index is 12.8. The second-order valence-electron chi connectivity index (χ2n) is 8.71. The molecule has 0 saturated carbocycles. The summed E-state index contributed by atoms with van der Waals surface area (Å²) in [6.07, 6.45) is 1.74. The summed E-state index contributed by atoms with van der Waals surface area (Å²) in [6.45, 7) is 8.98. The number of anilines is 2. The van der Waals surface area contributed by atoms with Crippen LogP contribution in [0.2, 0.25) is 0 Å². The van der Waals surface area contributed by atoms with Crippen LogP contribution in [0.3, 0.4) is 0 Å². The Kier molecular flexibility index (Phi) is 6.40. The zero-order valence-electron chi connectivity index (χ0n) is 19.6. The molecule has 2 amide bonds. The second kappa shape index (κ2) is 9.77. The molecule has 3 aromatic rings. The van der Waals surface area contributed by atoms with Crippen molar-refractivity contribution in [3.05, 3.63) is 60.3 Å². The van der Waals surface area contributed by atoms with Crippen LogP contribution in [0.4, 0.5) is 16.2 Å². The number of urea groups is 1. The number of fused-ring (bicyclic) bond motifs is 1. The lowest BCUT2D eigenvalue weighted by molar-refractivity contribution is 0.0528. The number of ether oxygens (including phenoxy) is 1. The average Bonchev–Trinajstić information content (AvgIpc) is 3.47. The molecule has 0 bridgehead atoms. The molecule has 0 atom stereocenters. The predicted molar refractivity (Wildman–Crippen MR) is 134 cm³/mol. The van der Waals surface area contributed by atoms with E-state index in [0.717, 1.165) is 74.6 Å². The lowest BCUT2D eigenvalue weighted by Crippen LogP contribution is -2.49. The Balaban J connectivity index is 1.16. The highest BCUT2D eigenvalue weighted by molar-refractivity contribution is 6.07. The third-order valence-electron chi connectivity index (χ3n) is 6.75. The zero-order valence-corrected chi connectivity index (χ0v) is 19.6. The number of carbonyl (C=O) groups excluding carboxylic acids is 2. The highest BCUT2D eigenvalue weighted by atomic mass is 16.5. The molecule has 34 heavy (non-hydrogen) atoms. The Morgan fingerprint density at radius 1 is 0.941 bits per heavy atom. The van der Waals surface area contributed by atoms with E-state index in [1.165, 1.54) is 0 Å². The van der Waals surface area contributed by atoms with Gasteiger partial charge in [0.2, 0.25) is 0 Å². The molecule has 8 nitrogen and oxygen atoms in total. The minimum absolute atomic E-state index is 0.0978. The van der Waals surface area contributed by atoms with E-state index in [2.05, 4.69) is 20.9 Å². The largest absolute Gasteiger partial charge is 0.462 e. The van der Waals surface area contributed by atoms with Crippen molar-refractivity contribution < 1.29 is 14.3 Å². The standard InChI is InChI=1S/C26H31N5O3/c1-2-34-25(32)22-19-27-24-21(22)9-6-10-23(24)29-14-11-28(12-15-29)13-16-30-17-18-31(26(30)33)20-7-4-3-5-8-20/h3-10,19,27H,2,11-18H2,1H3. The first-order valence-electron chi connectivity index (χ1n) is 12.0. The second-order valence-corrected chi connectivity index (χ2v) is 8.71. The van der Waals surface area contributed by atoms with Crippen LogP contribution < -0.4 is 9.80 Å². The highest BCUT2D eigenvalue weighted by Crippen LogP contribution is 2.29. The maximum Gasteiger partial charge on any atom is 0.340 e. The van der Waals surface area contributed by atoms with Gasteiger partial charge in [0.15, 0.2) is 0 Å². The fourth-order valence-electron chi connectivity index (χ4n) is 4.89. The van der Waals surface area contributed by atoms with Crippen molar-refractivity contribution in [1.29, 1.82) is 0 Å².